The Morgan fingerprint density at radius 2 is 1.16 bits per heavy atom. The van der Waals surface area contributed by atoms with E-state index in [9.17, 15) is 20.2 Å². The van der Waals surface area contributed by atoms with E-state index in [4.69, 9.17) is 26.8 Å². The first-order valence-electron chi connectivity index (χ1n) is 14.7. The van der Waals surface area contributed by atoms with Gasteiger partial charge >= 0.3 is 0 Å². The first-order valence-corrected chi connectivity index (χ1v) is 15.0. The normalized spacial score (nSPS) is 15.3. The van der Waals surface area contributed by atoms with Gasteiger partial charge in [0.2, 0.25) is 11.8 Å². The summed E-state index contributed by atoms with van der Waals surface area (Å²) in [6.45, 7) is 5.44. The van der Waals surface area contributed by atoms with Gasteiger partial charge < -0.3 is 15.2 Å². The molecular formula is C30H37ClN6O6. The van der Waals surface area contributed by atoms with Crippen molar-refractivity contribution in [2.24, 2.45) is 0 Å². The average Bonchev–Trinajstić information content (AvgIpc) is 3.84. The SMILES string of the molecule is CCCOc1ncc(N)cc1C1CC1.CCCOc1ncc([N+](=O)[O-])cc1C1CC1.O=[N+]([O-])c1cnc(Cl)c(C2CC2)c1. The number of hydrogen-bond acceptors (Lipinski definition) is 10. The maximum Gasteiger partial charge on any atom is 0.288 e. The molecule has 3 aliphatic carbocycles. The van der Waals surface area contributed by atoms with Gasteiger partial charge in [0, 0.05) is 23.3 Å². The van der Waals surface area contributed by atoms with E-state index in [1.54, 1.807) is 12.3 Å². The van der Waals surface area contributed by atoms with E-state index >= 15 is 0 Å². The van der Waals surface area contributed by atoms with Gasteiger partial charge in [-0.25, -0.2) is 15.0 Å². The minimum absolute atomic E-state index is 0.0197. The molecule has 0 spiro atoms. The van der Waals surface area contributed by atoms with Gasteiger partial charge in [-0.1, -0.05) is 25.4 Å². The Bertz CT molecular complexity index is 1430. The number of nitrogen functional groups attached to an aromatic ring is 1. The zero-order valence-corrected chi connectivity index (χ0v) is 25.2. The van der Waals surface area contributed by atoms with Crippen molar-refractivity contribution in [3.05, 3.63) is 78.9 Å². The molecule has 0 bridgehead atoms. The molecule has 3 fully saturated rings. The van der Waals surface area contributed by atoms with Crippen LogP contribution < -0.4 is 15.2 Å². The minimum Gasteiger partial charge on any atom is -0.477 e. The topological polar surface area (TPSA) is 169 Å². The lowest BCUT2D eigenvalue weighted by molar-refractivity contribution is -0.385. The number of anilines is 1. The number of pyridine rings is 3. The van der Waals surface area contributed by atoms with Crippen LogP contribution in [0.1, 0.15) is 99.7 Å². The first-order chi connectivity index (χ1) is 20.7. The number of ether oxygens (including phenoxy) is 2. The van der Waals surface area contributed by atoms with Gasteiger partial charge in [-0.05, 0) is 80.8 Å². The molecular weight excluding hydrogens is 576 g/mol. The number of nitrogens with zero attached hydrogens (tertiary/aromatic N) is 5. The molecule has 43 heavy (non-hydrogen) atoms. The second kappa shape index (κ2) is 14.9. The van der Waals surface area contributed by atoms with E-state index in [0.717, 1.165) is 67.8 Å². The van der Waals surface area contributed by atoms with Crippen molar-refractivity contribution in [3.63, 3.8) is 0 Å². The summed E-state index contributed by atoms with van der Waals surface area (Å²) in [4.78, 5) is 32.3. The van der Waals surface area contributed by atoms with Crippen molar-refractivity contribution in [2.75, 3.05) is 18.9 Å². The summed E-state index contributed by atoms with van der Waals surface area (Å²) in [6.07, 6.45) is 12.8. The molecule has 3 heterocycles. The fourth-order valence-electron chi connectivity index (χ4n) is 4.29. The van der Waals surface area contributed by atoms with E-state index in [2.05, 4.69) is 21.9 Å². The van der Waals surface area contributed by atoms with Gasteiger partial charge in [0.25, 0.3) is 11.4 Å². The fraction of sp³-hybridized carbons (Fsp3) is 0.500. The number of nitro groups is 2. The lowest BCUT2D eigenvalue weighted by Crippen LogP contribution is -2.02. The van der Waals surface area contributed by atoms with Crippen molar-refractivity contribution in [3.8, 4) is 11.8 Å². The van der Waals surface area contributed by atoms with Crippen LogP contribution in [0.2, 0.25) is 5.15 Å². The van der Waals surface area contributed by atoms with Gasteiger partial charge in [0.05, 0.1) is 34.9 Å². The summed E-state index contributed by atoms with van der Waals surface area (Å²) < 4.78 is 11.1. The van der Waals surface area contributed by atoms with Crippen LogP contribution in [-0.4, -0.2) is 38.0 Å². The molecule has 0 aromatic carbocycles. The highest BCUT2D eigenvalue weighted by Crippen LogP contribution is 2.45. The van der Waals surface area contributed by atoms with E-state index in [0.29, 0.717) is 35.4 Å². The fourth-order valence-corrected chi connectivity index (χ4v) is 4.55. The average molecular weight is 613 g/mol. The van der Waals surface area contributed by atoms with Crippen LogP contribution in [-0.2, 0) is 0 Å². The number of aromatic nitrogens is 3. The molecule has 3 aromatic heterocycles. The molecule has 0 aliphatic heterocycles. The standard InChI is InChI=1S/C11H14N2O3.C11H16N2O.C8H7ClN2O2/c1-2-5-16-11-10(8-3-4-8)6-9(7-12-11)13(14)15;1-2-5-14-11-10(8-3-4-8)6-9(12)7-13-11;9-8-7(5-1-2-5)3-6(4-10-8)11(12)13/h6-8H,2-5H2,1H3;6-8H,2-5,12H2,1H3;3-5H,1-2H2. The molecule has 3 aliphatic rings. The molecule has 230 valence electrons. The Labute approximate surface area is 255 Å². The van der Waals surface area contributed by atoms with Gasteiger partial charge in [-0.15, -0.1) is 0 Å². The molecule has 3 saturated carbocycles. The maximum atomic E-state index is 10.6. The molecule has 6 rings (SSSR count). The highest BCUT2D eigenvalue weighted by molar-refractivity contribution is 6.30. The van der Waals surface area contributed by atoms with Crippen molar-refractivity contribution in [2.45, 2.75) is 83.0 Å². The Morgan fingerprint density at radius 1 is 0.744 bits per heavy atom. The lowest BCUT2D eigenvalue weighted by Gasteiger charge is -2.09. The first kappa shape index (κ1) is 31.9. The third kappa shape index (κ3) is 9.47. The van der Waals surface area contributed by atoms with Gasteiger partial charge in [-0.3, -0.25) is 20.2 Å². The minimum atomic E-state index is -0.449. The molecule has 0 atom stereocenters. The van der Waals surface area contributed by atoms with E-state index in [1.807, 2.05) is 13.0 Å². The maximum absolute atomic E-state index is 10.6. The van der Waals surface area contributed by atoms with Crippen LogP contribution in [0.5, 0.6) is 11.8 Å². The monoisotopic (exact) mass is 612 g/mol. The summed E-state index contributed by atoms with van der Waals surface area (Å²) >= 11 is 5.80. The third-order valence-corrected chi connectivity index (χ3v) is 7.29. The molecule has 13 heteroatoms. The lowest BCUT2D eigenvalue weighted by atomic mass is 10.1. The predicted octanol–water partition coefficient (Wildman–Crippen LogP) is 7.51. The van der Waals surface area contributed by atoms with Crippen LogP contribution in [0, 0.1) is 20.2 Å². The van der Waals surface area contributed by atoms with Gasteiger partial charge in [-0.2, -0.15) is 0 Å². The Kier molecular flexibility index (Phi) is 11.0. The zero-order chi connectivity index (χ0) is 30.9. The smallest absolute Gasteiger partial charge is 0.288 e. The number of rotatable bonds is 11. The van der Waals surface area contributed by atoms with Crippen LogP contribution in [0.3, 0.4) is 0 Å². The highest BCUT2D eigenvalue weighted by Gasteiger charge is 2.30. The van der Waals surface area contributed by atoms with Gasteiger partial charge in [0.15, 0.2) is 0 Å². The molecule has 12 nitrogen and oxygen atoms in total. The van der Waals surface area contributed by atoms with Crippen molar-refractivity contribution in [1.82, 2.24) is 15.0 Å². The van der Waals surface area contributed by atoms with E-state index < -0.39 is 9.85 Å². The zero-order valence-electron chi connectivity index (χ0n) is 24.4. The molecule has 0 saturated heterocycles. The van der Waals surface area contributed by atoms with E-state index in [-0.39, 0.29) is 11.4 Å². The molecule has 2 N–H and O–H groups in total. The van der Waals surface area contributed by atoms with Crippen LogP contribution in [0.25, 0.3) is 0 Å². The Balaban J connectivity index is 0.000000148. The van der Waals surface area contributed by atoms with Crippen LogP contribution in [0.4, 0.5) is 17.1 Å². The molecule has 0 unspecified atom stereocenters. The number of hydrogen-bond donors (Lipinski definition) is 1. The number of nitrogens with two attached hydrogens (primary N) is 1. The third-order valence-electron chi connectivity index (χ3n) is 6.98. The van der Waals surface area contributed by atoms with Crippen molar-refractivity contribution < 1.29 is 19.3 Å². The van der Waals surface area contributed by atoms with Crippen molar-refractivity contribution >= 4 is 28.7 Å². The molecule has 0 amide bonds. The summed E-state index contributed by atoms with van der Waals surface area (Å²) in [5.41, 5.74) is 9.40. The van der Waals surface area contributed by atoms with E-state index in [1.165, 1.54) is 36.9 Å². The highest BCUT2D eigenvalue weighted by atomic mass is 35.5. The predicted molar refractivity (Wildman–Crippen MR) is 163 cm³/mol. The largest absolute Gasteiger partial charge is 0.477 e. The number of halogens is 1. The summed E-state index contributed by atoms with van der Waals surface area (Å²) in [6, 6.07) is 5.11. The quantitative estimate of drug-likeness (QED) is 0.130. The second-order valence-electron chi connectivity index (χ2n) is 10.9. The van der Waals surface area contributed by atoms with Gasteiger partial charge in [0.1, 0.15) is 17.5 Å². The Morgan fingerprint density at radius 3 is 1.63 bits per heavy atom. The van der Waals surface area contributed by atoms with Crippen LogP contribution in [0.15, 0.2) is 36.8 Å². The summed E-state index contributed by atoms with van der Waals surface area (Å²) in [5.74, 6) is 2.77. The summed E-state index contributed by atoms with van der Waals surface area (Å²) in [7, 11) is 0. The molecule has 0 radical (unpaired) electrons. The van der Waals surface area contributed by atoms with Crippen LogP contribution >= 0.6 is 11.6 Å². The Hall–Kier alpha value is -4.06. The van der Waals surface area contributed by atoms with Crippen molar-refractivity contribution in [1.29, 1.82) is 0 Å². The summed E-state index contributed by atoms with van der Waals surface area (Å²) in [5, 5.41) is 21.5. The molecule has 3 aromatic rings. The second-order valence-corrected chi connectivity index (χ2v) is 11.2.